The maximum absolute atomic E-state index is 5.57. The molecule has 4 heteroatoms. The number of halogens is 3. The summed E-state index contributed by atoms with van der Waals surface area (Å²) in [6.45, 7) is 0. The molecule has 0 atom stereocenters. The average Bonchev–Trinajstić information content (AvgIpc) is 1.80. The molecule has 1 aromatic rings. The van der Waals surface area contributed by atoms with Gasteiger partial charge >= 0.3 is 0 Å². The van der Waals surface area contributed by atoms with Crippen LogP contribution in [-0.2, 0) is 0 Å². The van der Waals surface area contributed by atoms with Gasteiger partial charge in [0.05, 0.1) is 0 Å². The van der Waals surface area contributed by atoms with Gasteiger partial charge in [0.2, 0.25) is 0 Å². The highest BCUT2D eigenvalue weighted by atomic mass is 127. The largest absolute Gasteiger partial charge is 0.243 e. The van der Waals surface area contributed by atoms with Crippen molar-refractivity contribution in [1.82, 2.24) is 4.98 Å². The first kappa shape index (κ1) is 7.75. The summed E-state index contributed by atoms with van der Waals surface area (Å²) in [5.74, 6) is 0. The number of hydrogen-bond donors (Lipinski definition) is 0. The molecule has 0 N–H and O–H groups in total. The van der Waals surface area contributed by atoms with Gasteiger partial charge in [-0.1, -0.05) is 11.6 Å². The molecular formula is C5H2BrClIN. The summed E-state index contributed by atoms with van der Waals surface area (Å²) in [5, 5.41) is 0.516. The van der Waals surface area contributed by atoms with Crippen molar-refractivity contribution in [1.29, 1.82) is 0 Å². The molecule has 9 heavy (non-hydrogen) atoms. The Labute approximate surface area is 80.1 Å². The zero-order valence-corrected chi connectivity index (χ0v) is 8.74. The smallest absolute Gasteiger partial charge is 0.130 e. The Hall–Kier alpha value is 0.650. The Morgan fingerprint density at radius 1 is 1.67 bits per heavy atom. The third kappa shape index (κ3) is 2.05. The average molecular weight is 318 g/mol. The minimum Gasteiger partial charge on any atom is -0.243 e. The van der Waals surface area contributed by atoms with E-state index in [9.17, 15) is 0 Å². The Balaban J connectivity index is 3.17. The zero-order valence-electron chi connectivity index (χ0n) is 4.24. The fourth-order valence-corrected chi connectivity index (χ4v) is 1.29. The lowest BCUT2D eigenvalue weighted by Crippen LogP contribution is -1.77. The molecule has 1 nitrogen and oxygen atoms in total. The number of pyridine rings is 1. The van der Waals surface area contributed by atoms with Crippen LogP contribution in [0.2, 0.25) is 5.15 Å². The predicted molar refractivity (Wildman–Crippen MR) is 49.7 cm³/mol. The van der Waals surface area contributed by atoms with Crippen LogP contribution in [-0.4, -0.2) is 4.98 Å². The van der Waals surface area contributed by atoms with Crippen molar-refractivity contribution in [3.8, 4) is 0 Å². The quantitative estimate of drug-likeness (QED) is 0.529. The molecule has 0 saturated carbocycles. The van der Waals surface area contributed by atoms with E-state index in [0.29, 0.717) is 5.15 Å². The van der Waals surface area contributed by atoms with Crippen LogP contribution in [0.15, 0.2) is 16.7 Å². The molecule has 0 aliphatic heterocycles. The van der Waals surface area contributed by atoms with Gasteiger partial charge in [0.25, 0.3) is 0 Å². The van der Waals surface area contributed by atoms with Crippen molar-refractivity contribution in [2.24, 2.45) is 0 Å². The summed E-state index contributed by atoms with van der Waals surface area (Å²) in [6.07, 6.45) is 1.72. The van der Waals surface area contributed by atoms with Crippen molar-refractivity contribution in [3.63, 3.8) is 0 Å². The van der Waals surface area contributed by atoms with Crippen LogP contribution in [0.4, 0.5) is 0 Å². The standard InChI is InChI=1S/C5H2BrClIN/c6-3-1-5(7)9-2-4(3)8/h1-2H. The van der Waals surface area contributed by atoms with Crippen LogP contribution in [0.1, 0.15) is 0 Å². The molecule has 0 saturated heterocycles. The minimum atomic E-state index is 0.516. The van der Waals surface area contributed by atoms with Gasteiger partial charge in [0, 0.05) is 14.2 Å². The van der Waals surface area contributed by atoms with Crippen LogP contribution in [0.25, 0.3) is 0 Å². The maximum atomic E-state index is 5.57. The van der Waals surface area contributed by atoms with E-state index in [1.807, 2.05) is 0 Å². The number of nitrogens with zero attached hydrogens (tertiary/aromatic N) is 1. The predicted octanol–water partition coefficient (Wildman–Crippen LogP) is 3.10. The van der Waals surface area contributed by atoms with E-state index < -0.39 is 0 Å². The van der Waals surface area contributed by atoms with Gasteiger partial charge in [-0.05, 0) is 44.6 Å². The van der Waals surface area contributed by atoms with Crippen LogP contribution in [0.5, 0.6) is 0 Å². The molecule has 0 aliphatic carbocycles. The first-order valence-electron chi connectivity index (χ1n) is 2.16. The van der Waals surface area contributed by atoms with Crippen molar-refractivity contribution >= 4 is 50.1 Å². The maximum Gasteiger partial charge on any atom is 0.130 e. The first-order valence-corrected chi connectivity index (χ1v) is 4.41. The molecule has 1 aromatic heterocycles. The molecule has 0 bridgehead atoms. The molecule has 1 rings (SSSR count). The van der Waals surface area contributed by atoms with E-state index in [4.69, 9.17) is 11.6 Å². The van der Waals surface area contributed by atoms with E-state index in [0.717, 1.165) is 8.04 Å². The van der Waals surface area contributed by atoms with Gasteiger partial charge in [-0.3, -0.25) is 0 Å². The van der Waals surface area contributed by atoms with E-state index in [1.54, 1.807) is 12.3 Å². The molecule has 0 radical (unpaired) electrons. The van der Waals surface area contributed by atoms with E-state index in [2.05, 4.69) is 43.5 Å². The third-order valence-electron chi connectivity index (χ3n) is 0.775. The second-order valence-corrected chi connectivity index (χ2v) is 3.82. The van der Waals surface area contributed by atoms with E-state index in [1.165, 1.54) is 0 Å². The molecular weight excluding hydrogens is 316 g/mol. The second kappa shape index (κ2) is 3.16. The van der Waals surface area contributed by atoms with Crippen molar-refractivity contribution < 1.29 is 0 Å². The summed E-state index contributed by atoms with van der Waals surface area (Å²) >= 11 is 11.1. The van der Waals surface area contributed by atoms with Crippen LogP contribution >= 0.6 is 50.1 Å². The topological polar surface area (TPSA) is 12.9 Å². The fourth-order valence-electron chi connectivity index (χ4n) is 0.391. The summed E-state index contributed by atoms with van der Waals surface area (Å²) in [5.41, 5.74) is 0. The minimum absolute atomic E-state index is 0.516. The van der Waals surface area contributed by atoms with Gasteiger partial charge in [-0.25, -0.2) is 4.98 Å². The van der Waals surface area contributed by atoms with Gasteiger partial charge in [-0.15, -0.1) is 0 Å². The zero-order chi connectivity index (χ0) is 6.85. The lowest BCUT2D eigenvalue weighted by molar-refractivity contribution is 1.29. The van der Waals surface area contributed by atoms with Crippen LogP contribution in [0.3, 0.4) is 0 Å². The molecule has 0 unspecified atom stereocenters. The second-order valence-electron chi connectivity index (χ2n) is 1.42. The van der Waals surface area contributed by atoms with Gasteiger partial charge < -0.3 is 0 Å². The normalized spacial score (nSPS) is 9.67. The van der Waals surface area contributed by atoms with E-state index in [-0.39, 0.29) is 0 Å². The summed E-state index contributed by atoms with van der Waals surface area (Å²) in [7, 11) is 0. The monoisotopic (exact) mass is 317 g/mol. The number of hydrogen-bond acceptors (Lipinski definition) is 1. The lowest BCUT2D eigenvalue weighted by Gasteiger charge is -1.92. The van der Waals surface area contributed by atoms with Crippen molar-refractivity contribution in [3.05, 3.63) is 25.5 Å². The Bertz CT molecular complexity index is 228. The molecule has 0 aliphatic rings. The highest BCUT2D eigenvalue weighted by Crippen LogP contribution is 2.20. The molecule has 0 spiro atoms. The third-order valence-corrected chi connectivity index (χ3v) is 3.24. The highest BCUT2D eigenvalue weighted by Gasteiger charge is 1.95. The van der Waals surface area contributed by atoms with Gasteiger partial charge in [0.1, 0.15) is 5.15 Å². The molecule has 0 fully saturated rings. The summed E-state index contributed by atoms with van der Waals surface area (Å²) in [6, 6.07) is 1.77. The lowest BCUT2D eigenvalue weighted by atomic mass is 10.5. The van der Waals surface area contributed by atoms with Crippen LogP contribution in [0, 0.1) is 3.57 Å². The Morgan fingerprint density at radius 2 is 2.33 bits per heavy atom. The summed E-state index contributed by atoms with van der Waals surface area (Å²) in [4.78, 5) is 3.87. The molecule has 0 aromatic carbocycles. The van der Waals surface area contributed by atoms with Crippen molar-refractivity contribution in [2.75, 3.05) is 0 Å². The Kier molecular flexibility index (Phi) is 2.73. The molecule has 48 valence electrons. The highest BCUT2D eigenvalue weighted by molar-refractivity contribution is 14.1. The van der Waals surface area contributed by atoms with Gasteiger partial charge in [0.15, 0.2) is 0 Å². The van der Waals surface area contributed by atoms with E-state index >= 15 is 0 Å². The first-order chi connectivity index (χ1) is 4.20. The summed E-state index contributed by atoms with van der Waals surface area (Å²) < 4.78 is 2.06. The van der Waals surface area contributed by atoms with Crippen LogP contribution < -0.4 is 0 Å². The van der Waals surface area contributed by atoms with Gasteiger partial charge in [-0.2, -0.15) is 0 Å². The molecule has 1 heterocycles. The number of aromatic nitrogens is 1. The van der Waals surface area contributed by atoms with Crippen molar-refractivity contribution in [2.45, 2.75) is 0 Å². The Morgan fingerprint density at radius 3 is 2.78 bits per heavy atom. The SMILES string of the molecule is Clc1cc(Br)c(I)cn1. The fraction of sp³-hybridized carbons (Fsp3) is 0. The molecule has 0 amide bonds. The number of rotatable bonds is 0.